The number of nitriles is 1. The van der Waals surface area contributed by atoms with Gasteiger partial charge in [-0.3, -0.25) is 4.79 Å². The Morgan fingerprint density at radius 3 is 2.63 bits per heavy atom. The largest absolute Gasteiger partial charge is 0.416 e. The maximum atomic E-state index is 13.2. The number of rotatable bonds is 5. The van der Waals surface area contributed by atoms with Crippen LogP contribution in [-0.2, 0) is 22.3 Å². The molecule has 0 atom stereocenters. The first kappa shape index (κ1) is 15.1. The lowest BCUT2D eigenvalue weighted by Crippen LogP contribution is -2.10. The van der Waals surface area contributed by atoms with Crippen LogP contribution in [0.25, 0.3) is 0 Å². The van der Waals surface area contributed by atoms with E-state index in [1.54, 1.807) is 6.07 Å². The molecule has 0 unspecified atom stereocenters. The standard InChI is InChI=1S/C12H9F4NO2/c13-11-2-1-9(12(14,15)16)5-8(11)6-19-7-10(18)3-4-17/h1-2,5H,3,6-7H2. The number of alkyl halides is 3. The van der Waals surface area contributed by atoms with Crippen molar-refractivity contribution in [1.82, 2.24) is 0 Å². The van der Waals surface area contributed by atoms with Crippen molar-refractivity contribution < 1.29 is 27.1 Å². The Hall–Kier alpha value is -1.94. The van der Waals surface area contributed by atoms with E-state index in [-0.39, 0.29) is 12.0 Å². The highest BCUT2D eigenvalue weighted by atomic mass is 19.4. The van der Waals surface area contributed by atoms with Crippen LogP contribution in [0.4, 0.5) is 17.6 Å². The van der Waals surface area contributed by atoms with Gasteiger partial charge in [-0.1, -0.05) is 0 Å². The normalized spacial score (nSPS) is 11.1. The summed E-state index contributed by atoms with van der Waals surface area (Å²) >= 11 is 0. The van der Waals surface area contributed by atoms with Crippen LogP contribution in [0, 0.1) is 17.1 Å². The van der Waals surface area contributed by atoms with Crippen molar-refractivity contribution in [2.45, 2.75) is 19.2 Å². The Kier molecular flexibility index (Phi) is 5.01. The first-order chi connectivity index (χ1) is 8.84. The highest BCUT2D eigenvalue weighted by molar-refractivity contribution is 5.81. The zero-order chi connectivity index (χ0) is 14.5. The van der Waals surface area contributed by atoms with Gasteiger partial charge in [0, 0.05) is 5.56 Å². The Morgan fingerprint density at radius 2 is 2.05 bits per heavy atom. The summed E-state index contributed by atoms with van der Waals surface area (Å²) < 4.78 is 55.2. The number of halogens is 4. The number of hydrogen-bond acceptors (Lipinski definition) is 3. The van der Waals surface area contributed by atoms with Gasteiger partial charge in [-0.25, -0.2) is 4.39 Å². The lowest BCUT2D eigenvalue weighted by Gasteiger charge is -2.09. The molecule has 0 saturated carbocycles. The molecule has 0 aliphatic heterocycles. The first-order valence-corrected chi connectivity index (χ1v) is 5.16. The zero-order valence-corrected chi connectivity index (χ0v) is 9.63. The quantitative estimate of drug-likeness (QED) is 0.776. The predicted octanol–water partition coefficient (Wildman–Crippen LogP) is 2.84. The third kappa shape index (κ3) is 4.67. The lowest BCUT2D eigenvalue weighted by atomic mass is 10.1. The molecule has 0 N–H and O–H groups in total. The Morgan fingerprint density at radius 1 is 1.37 bits per heavy atom. The molecule has 102 valence electrons. The average Bonchev–Trinajstić information content (AvgIpc) is 2.30. The monoisotopic (exact) mass is 275 g/mol. The van der Waals surface area contributed by atoms with E-state index >= 15 is 0 Å². The van der Waals surface area contributed by atoms with Crippen LogP contribution < -0.4 is 0 Å². The summed E-state index contributed by atoms with van der Waals surface area (Å²) in [5, 5.41) is 8.21. The molecule has 0 radical (unpaired) electrons. The number of benzene rings is 1. The molecular formula is C12H9F4NO2. The molecule has 7 heteroatoms. The number of ketones is 1. The van der Waals surface area contributed by atoms with Gasteiger partial charge in [-0.05, 0) is 18.2 Å². The number of Topliss-reactive ketones (excluding diaryl/α,β-unsaturated/α-hetero) is 1. The maximum absolute atomic E-state index is 13.2. The van der Waals surface area contributed by atoms with Crippen molar-refractivity contribution >= 4 is 5.78 Å². The molecule has 0 aromatic heterocycles. The van der Waals surface area contributed by atoms with Crippen molar-refractivity contribution in [3.63, 3.8) is 0 Å². The van der Waals surface area contributed by atoms with Crippen molar-refractivity contribution in [3.05, 3.63) is 35.1 Å². The van der Waals surface area contributed by atoms with Crippen molar-refractivity contribution in [2.24, 2.45) is 0 Å². The van der Waals surface area contributed by atoms with Gasteiger partial charge in [0.05, 0.1) is 24.7 Å². The predicted molar refractivity (Wildman–Crippen MR) is 56.3 cm³/mol. The molecule has 0 amide bonds. The minimum atomic E-state index is -4.57. The first-order valence-electron chi connectivity index (χ1n) is 5.16. The van der Waals surface area contributed by atoms with Gasteiger partial charge in [-0.15, -0.1) is 0 Å². The molecule has 0 heterocycles. The van der Waals surface area contributed by atoms with Gasteiger partial charge >= 0.3 is 6.18 Å². The van der Waals surface area contributed by atoms with Crippen LogP contribution in [-0.4, -0.2) is 12.4 Å². The van der Waals surface area contributed by atoms with E-state index in [2.05, 4.69) is 0 Å². The fourth-order valence-corrected chi connectivity index (χ4v) is 1.28. The summed E-state index contributed by atoms with van der Waals surface area (Å²) in [5.41, 5.74) is -1.28. The van der Waals surface area contributed by atoms with Crippen molar-refractivity contribution in [1.29, 1.82) is 5.26 Å². The second-order valence-electron chi connectivity index (χ2n) is 3.67. The maximum Gasteiger partial charge on any atom is 0.416 e. The molecule has 0 saturated heterocycles. The molecule has 0 spiro atoms. The van der Waals surface area contributed by atoms with E-state index in [0.717, 1.165) is 0 Å². The highest BCUT2D eigenvalue weighted by Gasteiger charge is 2.31. The average molecular weight is 275 g/mol. The molecule has 0 bridgehead atoms. The molecule has 0 fully saturated rings. The van der Waals surface area contributed by atoms with Crippen LogP contribution in [0.5, 0.6) is 0 Å². The second-order valence-corrected chi connectivity index (χ2v) is 3.67. The third-order valence-electron chi connectivity index (χ3n) is 2.17. The van der Waals surface area contributed by atoms with Crippen LogP contribution in [0.2, 0.25) is 0 Å². The number of hydrogen-bond donors (Lipinski definition) is 0. The van der Waals surface area contributed by atoms with E-state index in [0.29, 0.717) is 18.2 Å². The zero-order valence-electron chi connectivity index (χ0n) is 9.63. The van der Waals surface area contributed by atoms with Crippen LogP contribution >= 0.6 is 0 Å². The number of carbonyl (C=O) groups excluding carboxylic acids is 1. The minimum absolute atomic E-state index is 0.292. The molecule has 1 rings (SSSR count). The minimum Gasteiger partial charge on any atom is -0.369 e. The molecule has 0 aliphatic carbocycles. The molecular weight excluding hydrogens is 266 g/mol. The van der Waals surface area contributed by atoms with Crippen LogP contribution in [0.3, 0.4) is 0 Å². The smallest absolute Gasteiger partial charge is 0.369 e. The summed E-state index contributed by atoms with van der Waals surface area (Å²) in [7, 11) is 0. The van der Waals surface area contributed by atoms with Gasteiger partial charge in [-0.2, -0.15) is 18.4 Å². The summed E-state index contributed by atoms with van der Waals surface area (Å²) in [4.78, 5) is 10.9. The van der Waals surface area contributed by atoms with Crippen molar-refractivity contribution in [2.75, 3.05) is 6.61 Å². The summed E-state index contributed by atoms with van der Waals surface area (Å²) in [5.74, 6) is -1.37. The molecule has 19 heavy (non-hydrogen) atoms. The molecule has 3 nitrogen and oxygen atoms in total. The highest BCUT2D eigenvalue weighted by Crippen LogP contribution is 2.30. The Bertz CT molecular complexity index is 505. The van der Waals surface area contributed by atoms with E-state index in [4.69, 9.17) is 10.00 Å². The Labute approximate surface area is 106 Å². The van der Waals surface area contributed by atoms with E-state index < -0.39 is 36.6 Å². The lowest BCUT2D eigenvalue weighted by molar-refractivity contribution is -0.137. The molecule has 1 aromatic carbocycles. The number of nitrogens with zero attached hydrogens (tertiary/aromatic N) is 1. The van der Waals surface area contributed by atoms with E-state index in [9.17, 15) is 22.4 Å². The topological polar surface area (TPSA) is 50.1 Å². The third-order valence-corrected chi connectivity index (χ3v) is 2.17. The fraction of sp³-hybridized carbons (Fsp3) is 0.333. The van der Waals surface area contributed by atoms with Gasteiger partial charge in [0.2, 0.25) is 0 Å². The summed E-state index contributed by atoms with van der Waals surface area (Å²) in [6.07, 6.45) is -4.93. The summed E-state index contributed by atoms with van der Waals surface area (Å²) in [6.45, 7) is -0.907. The second kappa shape index (κ2) is 6.29. The van der Waals surface area contributed by atoms with Crippen LogP contribution in [0.15, 0.2) is 18.2 Å². The fourth-order valence-electron chi connectivity index (χ4n) is 1.28. The van der Waals surface area contributed by atoms with Gasteiger partial charge in [0.1, 0.15) is 12.4 Å². The number of ether oxygens (including phenoxy) is 1. The number of carbonyl (C=O) groups is 1. The molecule has 1 aromatic rings. The van der Waals surface area contributed by atoms with E-state index in [1.807, 2.05) is 0 Å². The van der Waals surface area contributed by atoms with Gasteiger partial charge in [0.15, 0.2) is 5.78 Å². The van der Waals surface area contributed by atoms with Gasteiger partial charge in [0.25, 0.3) is 0 Å². The van der Waals surface area contributed by atoms with Gasteiger partial charge < -0.3 is 4.74 Å². The SMILES string of the molecule is N#CCC(=O)COCc1cc(C(F)(F)F)ccc1F. The molecule has 0 aliphatic rings. The van der Waals surface area contributed by atoms with E-state index in [1.165, 1.54) is 0 Å². The Balaban J connectivity index is 2.68. The van der Waals surface area contributed by atoms with Crippen LogP contribution in [0.1, 0.15) is 17.5 Å². The summed E-state index contributed by atoms with van der Waals surface area (Å²) in [6, 6.07) is 3.55. The van der Waals surface area contributed by atoms with Crippen molar-refractivity contribution in [3.8, 4) is 6.07 Å².